The lowest BCUT2D eigenvalue weighted by Crippen LogP contribution is -2.41. The normalized spacial score (nSPS) is 24.1. The van der Waals surface area contributed by atoms with Crippen molar-refractivity contribution in [2.75, 3.05) is 26.3 Å². The van der Waals surface area contributed by atoms with Gasteiger partial charge in [-0.25, -0.2) is 4.79 Å². The lowest BCUT2D eigenvalue weighted by molar-refractivity contribution is -0.136. The summed E-state index contributed by atoms with van der Waals surface area (Å²) in [4.78, 5) is 29.6. The van der Waals surface area contributed by atoms with Crippen molar-refractivity contribution >= 4 is 23.6 Å². The first-order chi connectivity index (χ1) is 14.2. The van der Waals surface area contributed by atoms with Crippen LogP contribution in [-0.4, -0.2) is 53.7 Å². The molecule has 164 valence electrons. The summed E-state index contributed by atoms with van der Waals surface area (Å²) in [5, 5.41) is 0.684. The molecule has 0 radical (unpaired) electrons. The molecule has 0 aromatic heterocycles. The van der Waals surface area contributed by atoms with E-state index in [0.717, 1.165) is 36.8 Å². The summed E-state index contributed by atoms with van der Waals surface area (Å²) >= 11 is 6.46. The highest BCUT2D eigenvalue weighted by molar-refractivity contribution is 6.30. The minimum atomic E-state index is -0.537. The minimum absolute atomic E-state index is 0.0351. The molecule has 0 saturated carbocycles. The van der Waals surface area contributed by atoms with E-state index in [1.807, 2.05) is 42.7 Å². The molecule has 1 aromatic rings. The first-order valence-electron chi connectivity index (χ1n) is 10.9. The third-order valence-corrected chi connectivity index (χ3v) is 6.39. The van der Waals surface area contributed by atoms with Crippen molar-refractivity contribution < 1.29 is 19.1 Å². The molecule has 0 aliphatic carbocycles. The standard InChI is InChI=1S/C23H31ClN2O4/c1-23(2,3)30-22(28)26-8-4-5-20(26)18-12-17(24)11-15-6-9-25(13-19(15)18)21(27)16-7-10-29-14-16/h11-12,16,20H,4-10,13-14H2,1-3H3/t16-,20-/m0/s1. The average molecular weight is 435 g/mol. The van der Waals surface area contributed by atoms with Crippen LogP contribution in [0.15, 0.2) is 12.1 Å². The number of benzene rings is 1. The largest absolute Gasteiger partial charge is 0.444 e. The molecular formula is C23H31ClN2O4. The van der Waals surface area contributed by atoms with E-state index in [2.05, 4.69) is 0 Å². The zero-order chi connectivity index (χ0) is 21.5. The van der Waals surface area contributed by atoms with E-state index < -0.39 is 5.60 Å². The number of carbonyl (C=O) groups excluding carboxylic acids is 2. The van der Waals surface area contributed by atoms with Gasteiger partial charge in [0.05, 0.1) is 18.6 Å². The second-order valence-corrected chi connectivity index (χ2v) is 9.97. The van der Waals surface area contributed by atoms with Gasteiger partial charge in [0, 0.05) is 31.3 Å². The Hall–Kier alpha value is -1.79. The fraction of sp³-hybridized carbons (Fsp3) is 0.652. The first kappa shape index (κ1) is 21.4. The van der Waals surface area contributed by atoms with Gasteiger partial charge in [-0.3, -0.25) is 4.79 Å². The van der Waals surface area contributed by atoms with Crippen LogP contribution in [0.2, 0.25) is 5.02 Å². The summed E-state index contributed by atoms with van der Waals surface area (Å²) in [6, 6.07) is 3.91. The summed E-state index contributed by atoms with van der Waals surface area (Å²) in [7, 11) is 0. The van der Waals surface area contributed by atoms with Crippen molar-refractivity contribution in [1.82, 2.24) is 9.80 Å². The molecule has 30 heavy (non-hydrogen) atoms. The predicted molar refractivity (Wildman–Crippen MR) is 114 cm³/mol. The predicted octanol–water partition coefficient (Wildman–Crippen LogP) is 4.33. The van der Waals surface area contributed by atoms with Crippen molar-refractivity contribution in [2.45, 2.75) is 64.6 Å². The summed E-state index contributed by atoms with van der Waals surface area (Å²) in [6.07, 6.45) is 3.08. The molecule has 0 N–H and O–H groups in total. The highest BCUT2D eigenvalue weighted by Gasteiger charge is 2.37. The molecule has 3 heterocycles. The van der Waals surface area contributed by atoms with Gasteiger partial charge >= 0.3 is 6.09 Å². The Kier molecular flexibility index (Phi) is 5.99. The zero-order valence-corrected chi connectivity index (χ0v) is 18.8. The second-order valence-electron chi connectivity index (χ2n) is 9.53. The molecule has 7 heteroatoms. The number of rotatable bonds is 2. The van der Waals surface area contributed by atoms with Crippen LogP contribution < -0.4 is 0 Å². The van der Waals surface area contributed by atoms with Gasteiger partial charge in [0.25, 0.3) is 0 Å². The Morgan fingerprint density at radius 2 is 2.00 bits per heavy atom. The fourth-order valence-electron chi connectivity index (χ4n) is 4.76. The summed E-state index contributed by atoms with van der Waals surface area (Å²) < 4.78 is 11.1. The number of ether oxygens (including phenoxy) is 2. The van der Waals surface area contributed by atoms with E-state index in [9.17, 15) is 9.59 Å². The van der Waals surface area contributed by atoms with Gasteiger partial charge in [-0.15, -0.1) is 0 Å². The summed E-state index contributed by atoms with van der Waals surface area (Å²) in [6.45, 7) is 8.76. The molecule has 0 spiro atoms. The molecule has 4 rings (SSSR count). The van der Waals surface area contributed by atoms with E-state index in [0.29, 0.717) is 37.9 Å². The van der Waals surface area contributed by atoms with Crippen molar-refractivity contribution in [2.24, 2.45) is 5.92 Å². The molecule has 6 nitrogen and oxygen atoms in total. The molecule has 0 bridgehead atoms. The maximum atomic E-state index is 13.0. The molecule has 2 saturated heterocycles. The highest BCUT2D eigenvalue weighted by atomic mass is 35.5. The van der Waals surface area contributed by atoms with E-state index in [4.69, 9.17) is 21.1 Å². The molecule has 2 fully saturated rings. The van der Waals surface area contributed by atoms with Gasteiger partial charge in [-0.05, 0) is 75.3 Å². The van der Waals surface area contributed by atoms with Crippen LogP contribution in [0.3, 0.4) is 0 Å². The molecule has 0 unspecified atom stereocenters. The van der Waals surface area contributed by atoms with E-state index in [-0.39, 0.29) is 24.0 Å². The van der Waals surface area contributed by atoms with E-state index in [1.54, 1.807) is 0 Å². The lowest BCUT2D eigenvalue weighted by Gasteiger charge is -2.35. The Morgan fingerprint density at radius 3 is 2.70 bits per heavy atom. The van der Waals surface area contributed by atoms with Crippen LogP contribution in [0.4, 0.5) is 4.79 Å². The fourth-order valence-corrected chi connectivity index (χ4v) is 5.01. The van der Waals surface area contributed by atoms with Crippen molar-refractivity contribution in [3.05, 3.63) is 33.8 Å². The number of amides is 2. The molecule has 3 aliphatic rings. The number of hydrogen-bond acceptors (Lipinski definition) is 4. The number of hydrogen-bond donors (Lipinski definition) is 0. The Bertz CT molecular complexity index is 829. The molecule has 1 aromatic carbocycles. The first-order valence-corrected chi connectivity index (χ1v) is 11.3. The number of halogens is 1. The van der Waals surface area contributed by atoms with Crippen molar-refractivity contribution in [1.29, 1.82) is 0 Å². The number of likely N-dealkylation sites (tertiary alicyclic amines) is 1. The van der Waals surface area contributed by atoms with Crippen LogP contribution in [0, 0.1) is 5.92 Å². The van der Waals surface area contributed by atoms with Crippen LogP contribution in [-0.2, 0) is 27.2 Å². The summed E-state index contributed by atoms with van der Waals surface area (Å²) in [5.41, 5.74) is 2.84. The van der Waals surface area contributed by atoms with E-state index >= 15 is 0 Å². The van der Waals surface area contributed by atoms with Crippen LogP contribution >= 0.6 is 11.6 Å². The zero-order valence-electron chi connectivity index (χ0n) is 18.1. The number of fused-ring (bicyclic) bond motifs is 1. The Labute approximate surface area is 183 Å². The highest BCUT2D eigenvalue weighted by Crippen LogP contribution is 2.39. The third kappa shape index (κ3) is 4.45. The second kappa shape index (κ2) is 8.39. The van der Waals surface area contributed by atoms with Gasteiger partial charge in [0.2, 0.25) is 5.91 Å². The van der Waals surface area contributed by atoms with Gasteiger partial charge < -0.3 is 19.3 Å². The van der Waals surface area contributed by atoms with Gasteiger partial charge in [-0.2, -0.15) is 0 Å². The van der Waals surface area contributed by atoms with Crippen molar-refractivity contribution in [3.8, 4) is 0 Å². The SMILES string of the molecule is CC(C)(C)OC(=O)N1CCC[C@H]1c1cc(Cl)cc2c1CN(C(=O)[C@H]1CCOC1)CC2. The monoisotopic (exact) mass is 434 g/mol. The van der Waals surface area contributed by atoms with Gasteiger partial charge in [0.15, 0.2) is 0 Å². The minimum Gasteiger partial charge on any atom is -0.444 e. The molecular weight excluding hydrogens is 404 g/mol. The number of carbonyl (C=O) groups is 2. The Balaban J connectivity index is 1.61. The third-order valence-electron chi connectivity index (χ3n) is 6.17. The topological polar surface area (TPSA) is 59.1 Å². The molecule has 2 amide bonds. The Morgan fingerprint density at radius 1 is 1.20 bits per heavy atom. The van der Waals surface area contributed by atoms with Gasteiger partial charge in [0.1, 0.15) is 5.60 Å². The average Bonchev–Trinajstić information content (AvgIpc) is 3.37. The van der Waals surface area contributed by atoms with Gasteiger partial charge in [-0.1, -0.05) is 11.6 Å². The van der Waals surface area contributed by atoms with Crippen LogP contribution in [0.1, 0.15) is 62.8 Å². The smallest absolute Gasteiger partial charge is 0.410 e. The maximum Gasteiger partial charge on any atom is 0.410 e. The van der Waals surface area contributed by atoms with Crippen molar-refractivity contribution in [3.63, 3.8) is 0 Å². The molecule has 2 atom stereocenters. The quantitative estimate of drug-likeness (QED) is 0.695. The molecule has 3 aliphatic heterocycles. The lowest BCUT2D eigenvalue weighted by atomic mass is 9.89. The maximum absolute atomic E-state index is 13.0. The van der Waals surface area contributed by atoms with Crippen LogP contribution in [0.5, 0.6) is 0 Å². The number of nitrogens with zero attached hydrogens (tertiary/aromatic N) is 2. The van der Waals surface area contributed by atoms with E-state index in [1.165, 1.54) is 5.56 Å². The summed E-state index contributed by atoms with van der Waals surface area (Å²) in [5.74, 6) is 0.140. The van der Waals surface area contributed by atoms with Crippen LogP contribution in [0.25, 0.3) is 0 Å².